The van der Waals surface area contributed by atoms with Gasteiger partial charge in [-0.1, -0.05) is 6.07 Å². The van der Waals surface area contributed by atoms with Crippen LogP contribution in [0.1, 0.15) is 32.6 Å². The number of rotatable bonds is 8. The first kappa shape index (κ1) is 22.2. The minimum absolute atomic E-state index is 0. The second kappa shape index (κ2) is 9.14. The summed E-state index contributed by atoms with van der Waals surface area (Å²) in [6, 6.07) is 5.83. The fourth-order valence-electron chi connectivity index (χ4n) is 4.67. The Balaban J connectivity index is 0.00000256. The zero-order chi connectivity index (χ0) is 20.5. The second-order valence-corrected chi connectivity index (χ2v) is 8.05. The molecule has 8 nitrogen and oxygen atoms in total. The maximum atomic E-state index is 12.3. The van der Waals surface area contributed by atoms with E-state index < -0.39 is 18.0 Å². The molecule has 0 radical (unpaired) electrons. The molecule has 3 aliphatic rings. The number of pyridine rings is 1. The molecule has 0 bridgehead atoms. The van der Waals surface area contributed by atoms with Gasteiger partial charge in [0.25, 0.3) is 0 Å². The van der Waals surface area contributed by atoms with Gasteiger partial charge in [-0.05, 0) is 25.3 Å². The molecule has 3 N–H and O–H groups in total. The smallest absolute Gasteiger partial charge is 0.352 e. The lowest BCUT2D eigenvalue weighted by Crippen LogP contribution is -3.00. The molecule has 162 valence electrons. The molecule has 1 amide bonds. The van der Waals surface area contributed by atoms with Gasteiger partial charge in [-0.2, -0.15) is 0 Å². The van der Waals surface area contributed by atoms with Crippen molar-refractivity contribution in [1.29, 1.82) is 0 Å². The van der Waals surface area contributed by atoms with E-state index in [0.29, 0.717) is 19.4 Å². The number of hydrogen-bond acceptors (Lipinski definition) is 5. The van der Waals surface area contributed by atoms with Crippen LogP contribution in [-0.2, 0) is 16.1 Å². The number of nitrogens with zero attached hydrogens (tertiary/aromatic N) is 3. The van der Waals surface area contributed by atoms with Gasteiger partial charge < -0.3 is 32.8 Å². The summed E-state index contributed by atoms with van der Waals surface area (Å²) in [5, 5.41) is 22.9. The summed E-state index contributed by atoms with van der Waals surface area (Å²) in [4.78, 5) is 30.0. The fourth-order valence-corrected chi connectivity index (χ4v) is 4.67. The zero-order valence-electron chi connectivity index (χ0n) is 16.9. The first-order chi connectivity index (χ1) is 14.0. The summed E-state index contributed by atoms with van der Waals surface area (Å²) in [7, 11) is 0. The first-order valence-corrected chi connectivity index (χ1v) is 10.2. The van der Waals surface area contributed by atoms with Crippen molar-refractivity contribution in [3.8, 4) is 0 Å². The number of β-lactam (4-membered cyclic amide) rings is 1. The molecule has 0 unspecified atom stereocenters. The molecule has 4 atom stereocenters. The molecule has 4 heterocycles. The number of nitrogens with one attached hydrogen (secondary N) is 1. The molecule has 0 aromatic carbocycles. The van der Waals surface area contributed by atoms with Crippen LogP contribution in [-0.4, -0.2) is 57.6 Å². The molecule has 1 saturated heterocycles. The fraction of sp³-hybridized carbons (Fsp3) is 0.524. The number of aliphatic carboxylic acids is 1. The van der Waals surface area contributed by atoms with Crippen LogP contribution in [0.2, 0.25) is 0 Å². The van der Waals surface area contributed by atoms with Crippen LogP contribution in [0.25, 0.3) is 0 Å². The normalized spacial score (nSPS) is 25.8. The van der Waals surface area contributed by atoms with Gasteiger partial charge >= 0.3 is 5.97 Å². The van der Waals surface area contributed by atoms with Gasteiger partial charge in [0.05, 0.1) is 36.5 Å². The Bertz CT molecular complexity index is 871. The van der Waals surface area contributed by atoms with Gasteiger partial charge in [0.2, 0.25) is 5.91 Å². The maximum absolute atomic E-state index is 12.3. The monoisotopic (exact) mass is 434 g/mol. The highest BCUT2D eigenvalue weighted by atomic mass is 35.5. The standard InChI is InChI=1S/C21H26N4O4.ClH/c1-13(26)18-16-11-14(19(21(28)29)25(16)20(18)27)10-15-12-22-17(23-15)6-5-9-24-7-3-2-4-8-24;/h2-4,7-8,13,15-16,18,26H,5-6,9-12H2,1H3,(H-,22,23,28,29);1H/t13-,15-,16-,18-;/m1./s1. The lowest BCUT2D eigenvalue weighted by molar-refractivity contribution is -0.697. The van der Waals surface area contributed by atoms with Gasteiger partial charge in [-0.3, -0.25) is 9.79 Å². The quantitative estimate of drug-likeness (QED) is 0.309. The van der Waals surface area contributed by atoms with Crippen molar-refractivity contribution < 1.29 is 36.8 Å². The first-order valence-electron chi connectivity index (χ1n) is 10.2. The van der Waals surface area contributed by atoms with E-state index in [1.54, 1.807) is 6.92 Å². The van der Waals surface area contributed by atoms with Crippen molar-refractivity contribution in [2.75, 3.05) is 6.54 Å². The van der Waals surface area contributed by atoms with E-state index in [-0.39, 0.29) is 36.1 Å². The molecule has 4 rings (SSSR count). The molecule has 1 fully saturated rings. The third-order valence-electron chi connectivity index (χ3n) is 6.00. The minimum Gasteiger partial charge on any atom is -1.00 e. The van der Waals surface area contributed by atoms with Gasteiger partial charge in [0.1, 0.15) is 12.2 Å². The molecule has 0 saturated carbocycles. The number of amidine groups is 1. The summed E-state index contributed by atoms with van der Waals surface area (Å²) in [6.45, 7) is 3.12. The van der Waals surface area contributed by atoms with E-state index in [9.17, 15) is 19.8 Å². The van der Waals surface area contributed by atoms with E-state index in [2.05, 4.69) is 14.9 Å². The van der Waals surface area contributed by atoms with Crippen LogP contribution in [0.15, 0.2) is 46.9 Å². The topological polar surface area (TPSA) is 106 Å². The van der Waals surface area contributed by atoms with Gasteiger partial charge in [-0.25, -0.2) is 9.36 Å². The summed E-state index contributed by atoms with van der Waals surface area (Å²) >= 11 is 0. The average molecular weight is 435 g/mol. The van der Waals surface area contributed by atoms with Crippen LogP contribution in [0, 0.1) is 5.92 Å². The number of amides is 1. The van der Waals surface area contributed by atoms with Crippen LogP contribution in [0.5, 0.6) is 0 Å². The van der Waals surface area contributed by atoms with E-state index in [1.165, 1.54) is 4.90 Å². The number of carbonyl (C=O) groups excluding carboxylic acids is 1. The zero-order valence-corrected chi connectivity index (χ0v) is 17.6. The lowest BCUT2D eigenvalue weighted by Gasteiger charge is -2.44. The van der Waals surface area contributed by atoms with Crippen molar-refractivity contribution in [3.63, 3.8) is 0 Å². The van der Waals surface area contributed by atoms with Crippen LogP contribution in [0.4, 0.5) is 0 Å². The van der Waals surface area contributed by atoms with Crippen LogP contribution < -0.4 is 22.3 Å². The highest BCUT2D eigenvalue weighted by molar-refractivity contribution is 5.99. The Hall–Kier alpha value is -2.45. The number of fused-ring (bicyclic) bond motifs is 1. The Kier molecular flexibility index (Phi) is 6.77. The molecule has 1 aromatic heterocycles. The van der Waals surface area contributed by atoms with E-state index in [4.69, 9.17) is 0 Å². The summed E-state index contributed by atoms with van der Waals surface area (Å²) in [6.07, 6.45) is 6.20. The highest BCUT2D eigenvalue weighted by Gasteiger charge is 2.56. The summed E-state index contributed by atoms with van der Waals surface area (Å²) in [5.41, 5.74) is 0.875. The molecule has 0 spiro atoms. The van der Waals surface area contributed by atoms with Crippen molar-refractivity contribution in [1.82, 2.24) is 10.2 Å². The number of aliphatic hydroxyl groups excluding tert-OH is 1. The number of aliphatic hydroxyl groups is 1. The number of carboxylic acid groups (broad SMARTS) is 1. The summed E-state index contributed by atoms with van der Waals surface area (Å²) in [5.74, 6) is -0.894. The number of aliphatic imine (C=N–C) groups is 1. The third-order valence-corrected chi connectivity index (χ3v) is 6.00. The van der Waals surface area contributed by atoms with Crippen LogP contribution >= 0.6 is 0 Å². The van der Waals surface area contributed by atoms with Crippen molar-refractivity contribution >= 4 is 17.7 Å². The molecule has 3 aliphatic heterocycles. The van der Waals surface area contributed by atoms with Crippen molar-refractivity contribution in [3.05, 3.63) is 41.9 Å². The SMILES string of the molecule is C[C@@H](O)[C@H]1C(=O)N2C(C(=O)O)=C(C[C@@H]3CN=C(CCC[n+]4ccccc4)N3)C[C@H]12.[Cl-]. The van der Waals surface area contributed by atoms with E-state index in [1.807, 2.05) is 30.6 Å². The number of aromatic nitrogens is 1. The third kappa shape index (κ3) is 4.20. The van der Waals surface area contributed by atoms with E-state index >= 15 is 0 Å². The molecule has 9 heteroatoms. The highest BCUT2D eigenvalue weighted by Crippen LogP contribution is 2.44. The van der Waals surface area contributed by atoms with Gasteiger partial charge in [0, 0.05) is 25.0 Å². The molecule has 30 heavy (non-hydrogen) atoms. The van der Waals surface area contributed by atoms with Crippen LogP contribution in [0.3, 0.4) is 0 Å². The Morgan fingerprint density at radius 1 is 1.37 bits per heavy atom. The van der Waals surface area contributed by atoms with Gasteiger partial charge in [0.15, 0.2) is 12.4 Å². The molecule has 1 aromatic rings. The maximum Gasteiger partial charge on any atom is 0.352 e. The molecule has 0 aliphatic carbocycles. The largest absolute Gasteiger partial charge is 1.00 e. The lowest BCUT2D eigenvalue weighted by atomic mass is 9.82. The number of carbonyl (C=O) groups is 2. The Labute approximate surface area is 181 Å². The number of aryl methyl sites for hydroxylation is 1. The summed E-state index contributed by atoms with van der Waals surface area (Å²) < 4.78 is 2.13. The van der Waals surface area contributed by atoms with Crippen molar-refractivity contribution in [2.45, 2.75) is 57.3 Å². The molecular weight excluding hydrogens is 408 g/mol. The average Bonchev–Trinajstić information content (AvgIpc) is 3.25. The predicted octanol–water partition coefficient (Wildman–Crippen LogP) is -2.53. The predicted molar refractivity (Wildman–Crippen MR) is 105 cm³/mol. The molecular formula is C21H27ClN4O4. The number of hydrogen-bond donors (Lipinski definition) is 3. The van der Waals surface area contributed by atoms with E-state index in [0.717, 1.165) is 30.8 Å². The number of carboxylic acids is 1. The van der Waals surface area contributed by atoms with Crippen molar-refractivity contribution in [2.24, 2.45) is 10.9 Å². The Morgan fingerprint density at radius 2 is 2.10 bits per heavy atom. The minimum atomic E-state index is -1.07. The Morgan fingerprint density at radius 3 is 2.77 bits per heavy atom. The van der Waals surface area contributed by atoms with Gasteiger partial charge in [-0.15, -0.1) is 0 Å². The number of halogens is 1. The second-order valence-electron chi connectivity index (χ2n) is 8.05.